The highest BCUT2D eigenvalue weighted by atomic mass is 14.9. The second-order valence-electron chi connectivity index (χ2n) is 7.17. The van der Waals surface area contributed by atoms with E-state index < -0.39 is 0 Å². The van der Waals surface area contributed by atoms with Crippen molar-refractivity contribution in [2.24, 2.45) is 29.6 Å². The van der Waals surface area contributed by atoms with Crippen molar-refractivity contribution in [1.29, 1.82) is 0 Å². The van der Waals surface area contributed by atoms with Crippen molar-refractivity contribution in [2.45, 2.75) is 73.3 Å². The van der Waals surface area contributed by atoms with Crippen LogP contribution in [0.5, 0.6) is 0 Å². The van der Waals surface area contributed by atoms with Crippen LogP contribution >= 0.6 is 0 Å². The Bertz CT molecular complexity index is 206. The van der Waals surface area contributed by atoms with Gasteiger partial charge in [0.25, 0.3) is 0 Å². The van der Waals surface area contributed by atoms with Crippen LogP contribution in [0.15, 0.2) is 0 Å². The van der Waals surface area contributed by atoms with Gasteiger partial charge in [-0.2, -0.15) is 0 Å². The number of hydrogen-bond acceptors (Lipinski definition) is 1. The first-order valence-electron chi connectivity index (χ1n) is 8.20. The van der Waals surface area contributed by atoms with Gasteiger partial charge < -0.3 is 5.32 Å². The third kappa shape index (κ3) is 4.26. The highest BCUT2D eigenvalue weighted by molar-refractivity contribution is 4.88. The lowest BCUT2D eigenvalue weighted by Crippen LogP contribution is -2.47. The third-order valence-corrected chi connectivity index (χ3v) is 4.96. The van der Waals surface area contributed by atoms with E-state index in [9.17, 15) is 0 Å². The van der Waals surface area contributed by atoms with E-state index >= 15 is 0 Å². The summed E-state index contributed by atoms with van der Waals surface area (Å²) >= 11 is 0. The lowest BCUT2D eigenvalue weighted by atomic mass is 9.69. The largest absolute Gasteiger partial charge is 0.314 e. The minimum atomic E-state index is 0.738. The molecule has 108 valence electrons. The molecule has 0 aromatic rings. The first-order chi connectivity index (χ1) is 8.47. The molecular weight excluding hydrogens is 218 g/mol. The smallest absolute Gasteiger partial charge is 0.0128 e. The molecule has 1 saturated carbocycles. The molecule has 1 aliphatic carbocycles. The molecule has 1 nitrogen and oxygen atoms in total. The van der Waals surface area contributed by atoms with E-state index in [1.54, 1.807) is 0 Å². The average molecular weight is 253 g/mol. The maximum atomic E-state index is 3.83. The van der Waals surface area contributed by atoms with Crippen molar-refractivity contribution in [3.05, 3.63) is 0 Å². The van der Waals surface area contributed by atoms with E-state index in [1.807, 2.05) is 0 Å². The van der Waals surface area contributed by atoms with Gasteiger partial charge in [-0.05, 0) is 49.0 Å². The molecule has 0 heterocycles. The summed E-state index contributed by atoms with van der Waals surface area (Å²) in [5.74, 6) is 4.26. The van der Waals surface area contributed by atoms with Gasteiger partial charge in [0.1, 0.15) is 0 Å². The third-order valence-electron chi connectivity index (χ3n) is 4.96. The molecule has 0 radical (unpaired) electrons. The molecule has 1 heteroatoms. The molecule has 1 unspecified atom stereocenters. The second kappa shape index (κ2) is 7.53. The van der Waals surface area contributed by atoms with E-state index in [2.05, 4.69) is 46.9 Å². The summed E-state index contributed by atoms with van der Waals surface area (Å²) < 4.78 is 0. The van der Waals surface area contributed by atoms with Crippen LogP contribution in [0.4, 0.5) is 0 Å². The molecule has 1 atom stereocenters. The fourth-order valence-electron chi connectivity index (χ4n) is 4.10. The van der Waals surface area contributed by atoms with E-state index in [1.165, 1.54) is 25.7 Å². The van der Waals surface area contributed by atoms with Crippen molar-refractivity contribution in [1.82, 2.24) is 5.32 Å². The summed E-state index contributed by atoms with van der Waals surface area (Å²) in [4.78, 5) is 0. The molecule has 0 spiro atoms. The normalized spacial score (nSPS) is 27.2. The van der Waals surface area contributed by atoms with Gasteiger partial charge >= 0.3 is 0 Å². The predicted octanol–water partition coefficient (Wildman–Crippen LogP) is 4.72. The Morgan fingerprint density at radius 2 is 1.44 bits per heavy atom. The summed E-state index contributed by atoms with van der Waals surface area (Å²) in [5, 5.41) is 3.83. The molecule has 0 bridgehead atoms. The summed E-state index contributed by atoms with van der Waals surface area (Å²) in [7, 11) is 0. The van der Waals surface area contributed by atoms with E-state index in [-0.39, 0.29) is 0 Å². The first-order valence-corrected chi connectivity index (χ1v) is 8.20. The van der Waals surface area contributed by atoms with Crippen LogP contribution < -0.4 is 5.32 Å². The Kier molecular flexibility index (Phi) is 6.70. The fourth-order valence-corrected chi connectivity index (χ4v) is 4.10. The van der Waals surface area contributed by atoms with Crippen LogP contribution in [0.2, 0.25) is 0 Å². The Balaban J connectivity index is 2.73. The van der Waals surface area contributed by atoms with Gasteiger partial charge in [0.05, 0.1) is 0 Å². The lowest BCUT2D eigenvalue weighted by molar-refractivity contribution is 0.125. The minimum absolute atomic E-state index is 0.738. The standard InChI is InChI=1S/C17H35N/c1-7-18-17(16(12(2)3)13(4)5)15-10-8-14(6)9-11-15/h12-18H,7-11H2,1-6H3. The highest BCUT2D eigenvalue weighted by Gasteiger charge is 2.34. The zero-order chi connectivity index (χ0) is 13.7. The lowest BCUT2D eigenvalue weighted by Gasteiger charge is -2.41. The molecule has 0 saturated heterocycles. The van der Waals surface area contributed by atoms with E-state index in [4.69, 9.17) is 0 Å². The molecule has 0 aromatic heterocycles. The van der Waals surface area contributed by atoms with Gasteiger partial charge in [-0.25, -0.2) is 0 Å². The van der Waals surface area contributed by atoms with Gasteiger partial charge in [-0.3, -0.25) is 0 Å². The Morgan fingerprint density at radius 3 is 1.83 bits per heavy atom. The van der Waals surface area contributed by atoms with Gasteiger partial charge in [0, 0.05) is 6.04 Å². The quantitative estimate of drug-likeness (QED) is 0.722. The average Bonchev–Trinajstić information content (AvgIpc) is 2.28. The van der Waals surface area contributed by atoms with Crippen LogP contribution in [0.25, 0.3) is 0 Å². The molecule has 0 aromatic carbocycles. The topological polar surface area (TPSA) is 12.0 Å². The maximum absolute atomic E-state index is 3.83. The van der Waals surface area contributed by atoms with E-state index in [0.29, 0.717) is 0 Å². The Morgan fingerprint density at radius 1 is 0.944 bits per heavy atom. The summed E-state index contributed by atoms with van der Waals surface area (Å²) in [6.45, 7) is 15.4. The molecule has 1 rings (SSSR count). The van der Waals surface area contributed by atoms with Gasteiger partial charge in [-0.1, -0.05) is 54.4 Å². The SMILES string of the molecule is CCNC(C1CCC(C)CC1)C(C(C)C)C(C)C. The Hall–Kier alpha value is -0.0400. The summed E-state index contributed by atoms with van der Waals surface area (Å²) in [6.07, 6.45) is 5.76. The maximum Gasteiger partial charge on any atom is 0.0128 e. The Labute approximate surface area is 115 Å². The fraction of sp³-hybridized carbons (Fsp3) is 1.00. The summed E-state index contributed by atoms with van der Waals surface area (Å²) in [6, 6.07) is 0.738. The molecular formula is C17H35N. The molecule has 0 aliphatic heterocycles. The van der Waals surface area contributed by atoms with Gasteiger partial charge in [0.15, 0.2) is 0 Å². The van der Waals surface area contributed by atoms with Crippen molar-refractivity contribution in [2.75, 3.05) is 6.54 Å². The number of hydrogen-bond donors (Lipinski definition) is 1. The van der Waals surface area contributed by atoms with Crippen molar-refractivity contribution >= 4 is 0 Å². The van der Waals surface area contributed by atoms with Crippen molar-refractivity contribution in [3.63, 3.8) is 0 Å². The molecule has 1 aliphatic rings. The van der Waals surface area contributed by atoms with Crippen LogP contribution in [-0.4, -0.2) is 12.6 Å². The van der Waals surface area contributed by atoms with Crippen LogP contribution in [-0.2, 0) is 0 Å². The van der Waals surface area contributed by atoms with Gasteiger partial charge in [-0.15, -0.1) is 0 Å². The van der Waals surface area contributed by atoms with Crippen LogP contribution in [0.1, 0.15) is 67.2 Å². The predicted molar refractivity (Wildman–Crippen MR) is 81.8 cm³/mol. The first kappa shape index (κ1) is 16.0. The van der Waals surface area contributed by atoms with Crippen LogP contribution in [0, 0.1) is 29.6 Å². The van der Waals surface area contributed by atoms with Gasteiger partial charge in [0.2, 0.25) is 0 Å². The molecule has 1 fully saturated rings. The zero-order valence-electron chi connectivity index (χ0n) is 13.5. The number of rotatable bonds is 6. The van der Waals surface area contributed by atoms with Crippen LogP contribution in [0.3, 0.4) is 0 Å². The number of nitrogens with one attached hydrogen (secondary N) is 1. The van der Waals surface area contributed by atoms with Crippen molar-refractivity contribution in [3.8, 4) is 0 Å². The molecule has 1 N–H and O–H groups in total. The monoisotopic (exact) mass is 253 g/mol. The summed E-state index contributed by atoms with van der Waals surface area (Å²) in [5.41, 5.74) is 0. The highest BCUT2D eigenvalue weighted by Crippen LogP contribution is 2.37. The minimum Gasteiger partial charge on any atom is -0.314 e. The zero-order valence-corrected chi connectivity index (χ0v) is 13.5. The second-order valence-corrected chi connectivity index (χ2v) is 7.17. The van der Waals surface area contributed by atoms with E-state index in [0.717, 1.165) is 42.2 Å². The van der Waals surface area contributed by atoms with Crippen molar-refractivity contribution < 1.29 is 0 Å². The molecule has 0 amide bonds. The molecule has 18 heavy (non-hydrogen) atoms.